The average Bonchev–Trinajstić information content (AvgIpc) is 2.26. The predicted molar refractivity (Wildman–Crippen MR) is 58.9 cm³/mol. The van der Waals surface area contributed by atoms with Crippen molar-refractivity contribution in [2.24, 2.45) is 0 Å². The summed E-state index contributed by atoms with van der Waals surface area (Å²) in [5, 5.41) is 18.5. The van der Waals surface area contributed by atoms with Gasteiger partial charge in [-0.15, -0.1) is 5.84 Å². The molecular weight excluding hydrogens is 224 g/mol. The highest BCUT2D eigenvalue weighted by Crippen LogP contribution is 2.13. The van der Waals surface area contributed by atoms with Crippen molar-refractivity contribution in [2.45, 2.75) is 19.4 Å². The van der Waals surface area contributed by atoms with Gasteiger partial charge in [0.1, 0.15) is 5.75 Å². The van der Waals surface area contributed by atoms with Gasteiger partial charge in [-0.25, -0.2) is 9.80 Å². The van der Waals surface area contributed by atoms with Crippen molar-refractivity contribution in [3.8, 4) is 5.75 Å². The number of amides is 1. The Hall–Kier alpha value is -2.08. The minimum atomic E-state index is -1.23. The van der Waals surface area contributed by atoms with Crippen molar-refractivity contribution in [3.05, 3.63) is 29.8 Å². The third kappa shape index (κ3) is 3.46. The largest absolute Gasteiger partial charge is 0.508 e. The van der Waals surface area contributed by atoms with E-state index in [-0.39, 0.29) is 12.2 Å². The SMILES string of the molecule is CC(=O)N([NH])[C@@H](Cc1ccc(O)cc1)C(=O)O. The van der Waals surface area contributed by atoms with Crippen molar-refractivity contribution >= 4 is 11.9 Å². The summed E-state index contributed by atoms with van der Waals surface area (Å²) in [6.45, 7) is 1.14. The molecule has 0 aliphatic heterocycles. The molecule has 1 amide bonds. The Labute approximate surface area is 98.2 Å². The molecule has 0 unspecified atom stereocenters. The van der Waals surface area contributed by atoms with Crippen LogP contribution >= 0.6 is 0 Å². The lowest BCUT2D eigenvalue weighted by molar-refractivity contribution is -0.150. The van der Waals surface area contributed by atoms with Crippen LogP contribution in [-0.4, -0.2) is 33.1 Å². The van der Waals surface area contributed by atoms with Crippen LogP contribution in [-0.2, 0) is 16.0 Å². The second kappa shape index (κ2) is 5.31. The smallest absolute Gasteiger partial charge is 0.328 e. The van der Waals surface area contributed by atoms with Crippen molar-refractivity contribution in [2.75, 3.05) is 0 Å². The van der Waals surface area contributed by atoms with Gasteiger partial charge in [0.05, 0.1) is 0 Å². The van der Waals surface area contributed by atoms with Gasteiger partial charge in [0.15, 0.2) is 6.04 Å². The highest BCUT2D eigenvalue weighted by molar-refractivity contribution is 5.81. The minimum Gasteiger partial charge on any atom is -0.508 e. The van der Waals surface area contributed by atoms with E-state index in [9.17, 15) is 9.59 Å². The summed E-state index contributed by atoms with van der Waals surface area (Å²) in [6.07, 6.45) is 0.0265. The third-order valence-electron chi connectivity index (χ3n) is 2.30. The molecule has 91 valence electrons. The standard InChI is InChI=1S/C11H13N2O4/c1-7(14)13(12)10(11(16)17)6-8-2-4-9(15)5-3-8/h2-5,10,12,15H,6H2,1H3,(H,16,17)/t10-/m0/s1. The minimum absolute atomic E-state index is 0.0265. The maximum atomic E-state index is 11.0. The first-order chi connectivity index (χ1) is 7.91. The molecule has 0 heterocycles. The molecule has 6 heteroatoms. The fourth-order valence-electron chi connectivity index (χ4n) is 1.36. The van der Waals surface area contributed by atoms with Gasteiger partial charge in [0.2, 0.25) is 5.91 Å². The van der Waals surface area contributed by atoms with E-state index in [0.717, 1.165) is 6.92 Å². The number of rotatable bonds is 4. The molecule has 0 saturated carbocycles. The monoisotopic (exact) mass is 237 g/mol. The van der Waals surface area contributed by atoms with Crippen LogP contribution in [0.4, 0.5) is 0 Å². The molecule has 1 aromatic rings. The van der Waals surface area contributed by atoms with Crippen LogP contribution in [0.15, 0.2) is 24.3 Å². The van der Waals surface area contributed by atoms with Crippen molar-refractivity contribution < 1.29 is 19.8 Å². The Morgan fingerprint density at radius 3 is 2.29 bits per heavy atom. The zero-order chi connectivity index (χ0) is 13.0. The third-order valence-corrected chi connectivity index (χ3v) is 2.30. The molecule has 0 aliphatic carbocycles. The molecule has 0 fully saturated rings. The van der Waals surface area contributed by atoms with E-state index in [1.807, 2.05) is 0 Å². The lowest BCUT2D eigenvalue weighted by atomic mass is 10.1. The van der Waals surface area contributed by atoms with Crippen molar-refractivity contribution in [1.82, 2.24) is 10.9 Å². The van der Waals surface area contributed by atoms with Crippen molar-refractivity contribution in [1.29, 1.82) is 0 Å². The summed E-state index contributed by atoms with van der Waals surface area (Å²) in [4.78, 5) is 21.9. The Balaban J connectivity index is 2.84. The number of nitrogens with one attached hydrogen (secondary N) is 1. The summed E-state index contributed by atoms with van der Waals surface area (Å²) in [6, 6.07) is 4.74. The molecule has 0 spiro atoms. The number of aliphatic carboxylic acids is 1. The Morgan fingerprint density at radius 2 is 1.88 bits per heavy atom. The van der Waals surface area contributed by atoms with Gasteiger partial charge in [-0.2, -0.15) is 0 Å². The average molecular weight is 237 g/mol. The first-order valence-electron chi connectivity index (χ1n) is 4.93. The number of carboxylic acid groups (broad SMARTS) is 1. The topological polar surface area (TPSA) is 102 Å². The molecule has 1 radical (unpaired) electrons. The second-order valence-electron chi connectivity index (χ2n) is 3.61. The van der Waals surface area contributed by atoms with Crippen LogP contribution < -0.4 is 5.84 Å². The molecule has 1 aromatic carbocycles. The summed E-state index contributed by atoms with van der Waals surface area (Å²) in [7, 11) is 0. The van der Waals surface area contributed by atoms with Gasteiger partial charge >= 0.3 is 5.97 Å². The fourth-order valence-corrected chi connectivity index (χ4v) is 1.36. The maximum Gasteiger partial charge on any atom is 0.328 e. The molecular formula is C11H13N2O4. The van der Waals surface area contributed by atoms with Gasteiger partial charge in [-0.1, -0.05) is 12.1 Å². The number of phenols is 1. The van der Waals surface area contributed by atoms with E-state index < -0.39 is 17.9 Å². The van der Waals surface area contributed by atoms with Crippen LogP contribution in [0.25, 0.3) is 0 Å². The van der Waals surface area contributed by atoms with E-state index in [2.05, 4.69) is 0 Å². The maximum absolute atomic E-state index is 11.0. The molecule has 0 aromatic heterocycles. The lowest BCUT2D eigenvalue weighted by Crippen LogP contribution is -2.44. The number of phenolic OH excluding ortho intramolecular Hbond substituents is 1. The highest BCUT2D eigenvalue weighted by atomic mass is 16.4. The van der Waals surface area contributed by atoms with Crippen molar-refractivity contribution in [3.63, 3.8) is 0 Å². The first kappa shape index (κ1) is 13.0. The number of benzene rings is 1. The van der Waals surface area contributed by atoms with E-state index in [1.165, 1.54) is 12.1 Å². The molecule has 0 bridgehead atoms. The van der Waals surface area contributed by atoms with E-state index in [1.54, 1.807) is 12.1 Å². The van der Waals surface area contributed by atoms with Crippen LogP contribution in [0.5, 0.6) is 5.75 Å². The number of hydrogen-bond donors (Lipinski definition) is 2. The number of carboxylic acids is 1. The van der Waals surface area contributed by atoms with E-state index in [4.69, 9.17) is 16.1 Å². The quantitative estimate of drug-likeness (QED) is 0.741. The Kier molecular flexibility index (Phi) is 4.06. The number of nitrogens with zero attached hydrogens (tertiary/aromatic N) is 1. The summed E-state index contributed by atoms with van der Waals surface area (Å²) >= 11 is 0. The van der Waals surface area contributed by atoms with Gasteiger partial charge < -0.3 is 10.2 Å². The number of hydrogen-bond acceptors (Lipinski definition) is 3. The van der Waals surface area contributed by atoms with E-state index in [0.29, 0.717) is 10.6 Å². The molecule has 17 heavy (non-hydrogen) atoms. The Bertz CT molecular complexity index is 416. The predicted octanol–water partition coefficient (Wildman–Crippen LogP) is 0.434. The molecule has 1 rings (SSSR count). The molecule has 1 atom stereocenters. The van der Waals surface area contributed by atoms with Crippen LogP contribution in [0.3, 0.4) is 0 Å². The zero-order valence-corrected chi connectivity index (χ0v) is 9.25. The highest BCUT2D eigenvalue weighted by Gasteiger charge is 2.26. The van der Waals surface area contributed by atoms with Crippen LogP contribution in [0, 0.1) is 0 Å². The van der Waals surface area contributed by atoms with Gasteiger partial charge in [0.25, 0.3) is 0 Å². The summed E-state index contributed by atoms with van der Waals surface area (Å²) < 4.78 is 0. The summed E-state index contributed by atoms with van der Waals surface area (Å²) in [5.74, 6) is 5.58. The summed E-state index contributed by atoms with van der Waals surface area (Å²) in [5.41, 5.74) is 0.633. The number of carbonyl (C=O) groups excluding carboxylic acids is 1. The molecule has 3 N–H and O–H groups in total. The van der Waals surface area contributed by atoms with Gasteiger partial charge in [-0.05, 0) is 17.7 Å². The molecule has 6 nitrogen and oxygen atoms in total. The van der Waals surface area contributed by atoms with Gasteiger partial charge in [-0.3, -0.25) is 4.79 Å². The number of aromatic hydroxyl groups is 1. The fraction of sp³-hybridized carbons (Fsp3) is 0.273. The van der Waals surface area contributed by atoms with E-state index >= 15 is 0 Å². The second-order valence-corrected chi connectivity index (χ2v) is 3.61. The zero-order valence-electron chi connectivity index (χ0n) is 9.25. The van der Waals surface area contributed by atoms with Gasteiger partial charge in [0, 0.05) is 13.3 Å². The van der Waals surface area contributed by atoms with Crippen LogP contribution in [0.1, 0.15) is 12.5 Å². The Morgan fingerprint density at radius 1 is 1.35 bits per heavy atom. The molecule has 0 aliphatic rings. The number of carbonyl (C=O) groups is 2. The molecule has 0 saturated heterocycles. The first-order valence-corrected chi connectivity index (χ1v) is 4.93. The lowest BCUT2D eigenvalue weighted by Gasteiger charge is -2.21. The van der Waals surface area contributed by atoms with Crippen LogP contribution in [0.2, 0.25) is 0 Å². The normalized spacial score (nSPS) is 11.9.